The zero-order valence-corrected chi connectivity index (χ0v) is 16.3. The van der Waals surface area contributed by atoms with E-state index in [0.29, 0.717) is 6.04 Å². The molecule has 4 nitrogen and oxygen atoms in total. The summed E-state index contributed by atoms with van der Waals surface area (Å²) < 4.78 is 0. The number of nitrogens with zero attached hydrogens (tertiary/aromatic N) is 1. The van der Waals surface area contributed by atoms with Crippen LogP contribution >= 0.6 is 24.8 Å². The van der Waals surface area contributed by atoms with Crippen LogP contribution in [0.2, 0.25) is 0 Å². The average Bonchev–Trinajstić information content (AvgIpc) is 2.57. The van der Waals surface area contributed by atoms with Crippen molar-refractivity contribution in [3.05, 3.63) is 29.8 Å². The molecule has 2 N–H and O–H groups in total. The highest BCUT2D eigenvalue weighted by atomic mass is 35.5. The van der Waals surface area contributed by atoms with Gasteiger partial charge in [-0.25, -0.2) is 0 Å². The lowest BCUT2D eigenvalue weighted by atomic mass is 10.1. The summed E-state index contributed by atoms with van der Waals surface area (Å²) in [5.74, 6) is 0.0510. The lowest BCUT2D eigenvalue weighted by molar-refractivity contribution is 0.0929. The third-order valence-electron chi connectivity index (χ3n) is 4.33. The number of amides is 1. The van der Waals surface area contributed by atoms with Gasteiger partial charge in [0, 0.05) is 30.4 Å². The van der Waals surface area contributed by atoms with Gasteiger partial charge in [-0.2, -0.15) is 0 Å². The van der Waals surface area contributed by atoms with Gasteiger partial charge in [-0.15, -0.1) is 24.8 Å². The number of unbranched alkanes of at least 4 members (excludes halogenated alkanes) is 1. The molecule has 0 saturated carbocycles. The highest BCUT2D eigenvalue weighted by Gasteiger charge is 2.16. The standard InChI is InChI=1S/C18H29N3O.2ClH/c1-3-5-14-21(4-2)17-8-6-15(7-9-17)18(22)20-16-10-12-19-13-11-16;;/h6-9,16,19H,3-5,10-14H2,1-2H3,(H,20,22);2*1H. The molecule has 1 fully saturated rings. The second-order valence-electron chi connectivity index (χ2n) is 5.98. The van der Waals surface area contributed by atoms with E-state index in [0.717, 1.165) is 44.6 Å². The van der Waals surface area contributed by atoms with Gasteiger partial charge in [0.05, 0.1) is 0 Å². The fourth-order valence-electron chi connectivity index (χ4n) is 2.88. The zero-order chi connectivity index (χ0) is 15.8. The van der Waals surface area contributed by atoms with Crippen molar-refractivity contribution in [1.29, 1.82) is 0 Å². The van der Waals surface area contributed by atoms with Gasteiger partial charge in [0.25, 0.3) is 5.91 Å². The molecule has 1 aliphatic rings. The van der Waals surface area contributed by atoms with E-state index in [-0.39, 0.29) is 30.7 Å². The van der Waals surface area contributed by atoms with E-state index in [9.17, 15) is 4.79 Å². The van der Waals surface area contributed by atoms with Gasteiger partial charge >= 0.3 is 0 Å². The van der Waals surface area contributed by atoms with E-state index in [1.54, 1.807) is 0 Å². The molecule has 0 unspecified atom stereocenters. The predicted molar refractivity (Wildman–Crippen MR) is 107 cm³/mol. The molecular formula is C18H31Cl2N3O. The Bertz CT molecular complexity index is 462. The molecule has 1 aromatic rings. The van der Waals surface area contributed by atoms with Gasteiger partial charge in [-0.05, 0) is 63.5 Å². The van der Waals surface area contributed by atoms with Crippen LogP contribution in [-0.2, 0) is 0 Å². The van der Waals surface area contributed by atoms with Gasteiger partial charge < -0.3 is 15.5 Å². The molecule has 24 heavy (non-hydrogen) atoms. The molecule has 0 bridgehead atoms. The van der Waals surface area contributed by atoms with Crippen molar-refractivity contribution in [3.8, 4) is 0 Å². The third-order valence-corrected chi connectivity index (χ3v) is 4.33. The number of hydrogen-bond acceptors (Lipinski definition) is 3. The van der Waals surface area contributed by atoms with Crippen LogP contribution < -0.4 is 15.5 Å². The van der Waals surface area contributed by atoms with Gasteiger partial charge in [-0.3, -0.25) is 4.79 Å². The van der Waals surface area contributed by atoms with Crippen LogP contribution in [0.1, 0.15) is 49.9 Å². The molecule has 0 aromatic heterocycles. The first-order chi connectivity index (χ1) is 10.7. The maximum atomic E-state index is 12.3. The second-order valence-corrected chi connectivity index (χ2v) is 5.98. The zero-order valence-electron chi connectivity index (χ0n) is 14.7. The smallest absolute Gasteiger partial charge is 0.251 e. The normalized spacial score (nSPS) is 14.2. The Hall–Kier alpha value is -0.970. The minimum atomic E-state index is 0. The molecular weight excluding hydrogens is 345 g/mol. The van der Waals surface area contributed by atoms with Crippen molar-refractivity contribution < 1.29 is 4.79 Å². The molecule has 6 heteroatoms. The van der Waals surface area contributed by atoms with Gasteiger partial charge in [-0.1, -0.05) is 13.3 Å². The fourth-order valence-corrected chi connectivity index (χ4v) is 2.88. The number of rotatable bonds is 7. The quantitative estimate of drug-likeness (QED) is 0.764. The Kier molecular flexibility index (Phi) is 11.9. The van der Waals surface area contributed by atoms with Crippen LogP contribution in [0.3, 0.4) is 0 Å². The van der Waals surface area contributed by atoms with Crippen LogP contribution in [0, 0.1) is 0 Å². The Morgan fingerprint density at radius 3 is 2.33 bits per heavy atom. The molecule has 0 aliphatic carbocycles. The summed E-state index contributed by atoms with van der Waals surface area (Å²) in [7, 11) is 0. The van der Waals surface area contributed by atoms with E-state index < -0.39 is 0 Å². The number of carbonyl (C=O) groups excluding carboxylic acids is 1. The topological polar surface area (TPSA) is 44.4 Å². The molecule has 1 heterocycles. The average molecular weight is 376 g/mol. The molecule has 1 saturated heterocycles. The summed E-state index contributed by atoms with van der Waals surface area (Å²) in [6, 6.07) is 8.33. The van der Waals surface area contributed by atoms with E-state index in [2.05, 4.69) is 41.5 Å². The summed E-state index contributed by atoms with van der Waals surface area (Å²) in [4.78, 5) is 14.6. The highest BCUT2D eigenvalue weighted by molar-refractivity contribution is 5.94. The molecule has 0 radical (unpaired) electrons. The maximum absolute atomic E-state index is 12.3. The van der Waals surface area contributed by atoms with Crippen molar-refractivity contribution in [2.45, 2.75) is 45.6 Å². The number of benzene rings is 1. The van der Waals surface area contributed by atoms with Crippen molar-refractivity contribution >= 4 is 36.4 Å². The summed E-state index contributed by atoms with van der Waals surface area (Å²) >= 11 is 0. The van der Waals surface area contributed by atoms with Crippen LogP contribution in [0.25, 0.3) is 0 Å². The van der Waals surface area contributed by atoms with Crippen molar-refractivity contribution in [3.63, 3.8) is 0 Å². The van der Waals surface area contributed by atoms with E-state index in [1.807, 2.05) is 12.1 Å². The van der Waals surface area contributed by atoms with Gasteiger partial charge in [0.15, 0.2) is 0 Å². The summed E-state index contributed by atoms with van der Waals surface area (Å²) in [5, 5.41) is 6.45. The summed E-state index contributed by atoms with van der Waals surface area (Å²) in [6.45, 7) is 8.45. The number of anilines is 1. The predicted octanol–water partition coefficient (Wildman–Crippen LogP) is 3.64. The Morgan fingerprint density at radius 1 is 1.17 bits per heavy atom. The van der Waals surface area contributed by atoms with Crippen LogP contribution in [0.5, 0.6) is 0 Å². The Morgan fingerprint density at radius 2 is 1.79 bits per heavy atom. The molecule has 1 amide bonds. The first kappa shape index (κ1) is 23.0. The summed E-state index contributed by atoms with van der Waals surface area (Å²) in [5.41, 5.74) is 1.96. The lowest BCUT2D eigenvalue weighted by Gasteiger charge is -2.24. The van der Waals surface area contributed by atoms with Crippen LogP contribution in [0.4, 0.5) is 5.69 Å². The SMILES string of the molecule is CCCCN(CC)c1ccc(C(=O)NC2CCNCC2)cc1.Cl.Cl. The monoisotopic (exact) mass is 375 g/mol. The number of nitrogens with one attached hydrogen (secondary N) is 2. The minimum absolute atomic E-state index is 0. The molecule has 2 rings (SSSR count). The first-order valence-electron chi connectivity index (χ1n) is 8.61. The minimum Gasteiger partial charge on any atom is -0.372 e. The van der Waals surface area contributed by atoms with Gasteiger partial charge in [0.1, 0.15) is 0 Å². The fraction of sp³-hybridized carbons (Fsp3) is 0.611. The number of carbonyl (C=O) groups is 1. The van der Waals surface area contributed by atoms with Crippen molar-refractivity contribution in [2.24, 2.45) is 0 Å². The van der Waals surface area contributed by atoms with Crippen LogP contribution in [0.15, 0.2) is 24.3 Å². The van der Waals surface area contributed by atoms with Crippen molar-refractivity contribution in [2.75, 3.05) is 31.1 Å². The second kappa shape index (κ2) is 12.4. The number of halogens is 2. The van der Waals surface area contributed by atoms with E-state index >= 15 is 0 Å². The molecule has 1 aromatic carbocycles. The van der Waals surface area contributed by atoms with Crippen LogP contribution in [-0.4, -0.2) is 38.1 Å². The lowest BCUT2D eigenvalue weighted by Crippen LogP contribution is -2.42. The molecule has 0 spiro atoms. The number of piperidine rings is 1. The third kappa shape index (κ3) is 6.88. The Labute approximate surface area is 158 Å². The van der Waals surface area contributed by atoms with Crippen molar-refractivity contribution in [1.82, 2.24) is 10.6 Å². The molecule has 138 valence electrons. The highest BCUT2D eigenvalue weighted by Crippen LogP contribution is 2.16. The van der Waals surface area contributed by atoms with E-state index in [4.69, 9.17) is 0 Å². The Balaban J connectivity index is 0.00000264. The first-order valence-corrected chi connectivity index (χ1v) is 8.61. The maximum Gasteiger partial charge on any atom is 0.251 e. The summed E-state index contributed by atoms with van der Waals surface area (Å²) in [6.07, 6.45) is 4.44. The van der Waals surface area contributed by atoms with Gasteiger partial charge in [0.2, 0.25) is 0 Å². The molecule has 1 aliphatic heterocycles. The molecule has 0 atom stereocenters. The number of hydrogen-bond donors (Lipinski definition) is 2. The largest absolute Gasteiger partial charge is 0.372 e. The van der Waals surface area contributed by atoms with E-state index in [1.165, 1.54) is 18.5 Å².